The van der Waals surface area contributed by atoms with Crippen molar-refractivity contribution in [2.75, 3.05) is 19.8 Å². The van der Waals surface area contributed by atoms with Gasteiger partial charge in [-0.15, -0.1) is 0 Å². The molecule has 0 radical (unpaired) electrons. The van der Waals surface area contributed by atoms with Crippen LogP contribution in [0.5, 0.6) is 5.88 Å². The summed E-state index contributed by atoms with van der Waals surface area (Å²) in [5.74, 6) is -3.65. The summed E-state index contributed by atoms with van der Waals surface area (Å²) in [6.07, 6.45) is 2.88. The number of nitrogens with zero attached hydrogens (tertiary/aromatic N) is 3. The topological polar surface area (TPSA) is 105 Å². The Morgan fingerprint density at radius 2 is 2.19 bits per heavy atom. The molecular weight excluding hydrogens is 434 g/mol. The number of hydrogen-bond acceptors (Lipinski definition) is 6. The highest BCUT2D eigenvalue weighted by molar-refractivity contribution is 6.31. The van der Waals surface area contributed by atoms with Gasteiger partial charge in [0.15, 0.2) is 6.61 Å². The number of halogens is 3. The first-order chi connectivity index (χ1) is 14.7. The van der Waals surface area contributed by atoms with Crippen LogP contribution < -0.4 is 10.1 Å². The van der Waals surface area contributed by atoms with Crippen molar-refractivity contribution in [2.45, 2.75) is 32.4 Å². The van der Waals surface area contributed by atoms with E-state index in [1.54, 1.807) is 11.0 Å². The van der Waals surface area contributed by atoms with Gasteiger partial charge in [-0.3, -0.25) is 14.6 Å². The normalized spacial score (nSPS) is 13.3. The fourth-order valence-corrected chi connectivity index (χ4v) is 3.35. The van der Waals surface area contributed by atoms with Crippen molar-refractivity contribution in [3.8, 4) is 5.88 Å². The second kappa shape index (κ2) is 9.52. The maximum absolute atomic E-state index is 13.0. The molecule has 2 amide bonds. The molecule has 0 unspecified atom stereocenters. The van der Waals surface area contributed by atoms with Crippen LogP contribution in [-0.2, 0) is 24.3 Å². The van der Waals surface area contributed by atoms with Crippen molar-refractivity contribution in [2.24, 2.45) is 0 Å². The number of hydrogen-bond donors (Lipinski definition) is 2. The fraction of sp³-hybridized carbons (Fsp3) is 0.400. The molecule has 2 aromatic heterocycles. The van der Waals surface area contributed by atoms with Gasteiger partial charge in [0.25, 0.3) is 11.8 Å². The zero-order valence-electron chi connectivity index (χ0n) is 16.7. The standard InChI is InChI=1S/C20H21ClF2N4O4/c1-20(22,23)11-31-18-15(21)6-12(8-26-18)9-27-10-14-13(19(27)30)2-3-24-16(14)7-17(29)25-4-5-28/h2-3,6,8,28H,4-5,7,9-11H2,1H3,(H,25,29). The van der Waals surface area contributed by atoms with Gasteiger partial charge in [0.1, 0.15) is 5.02 Å². The Hall–Kier alpha value is -2.85. The highest BCUT2D eigenvalue weighted by Crippen LogP contribution is 2.29. The summed E-state index contributed by atoms with van der Waals surface area (Å²) in [4.78, 5) is 34.5. The molecule has 2 aromatic rings. The van der Waals surface area contributed by atoms with E-state index in [9.17, 15) is 18.4 Å². The molecule has 8 nitrogen and oxygen atoms in total. The Bertz CT molecular complexity index is 984. The number of alkyl halides is 2. The molecule has 31 heavy (non-hydrogen) atoms. The largest absolute Gasteiger partial charge is 0.470 e. The Labute approximate surface area is 182 Å². The van der Waals surface area contributed by atoms with Crippen molar-refractivity contribution in [1.29, 1.82) is 0 Å². The van der Waals surface area contributed by atoms with Gasteiger partial charge in [0, 0.05) is 50.1 Å². The van der Waals surface area contributed by atoms with E-state index in [4.69, 9.17) is 21.4 Å². The molecule has 0 fully saturated rings. The van der Waals surface area contributed by atoms with E-state index in [1.165, 1.54) is 18.5 Å². The maximum atomic E-state index is 13.0. The summed E-state index contributed by atoms with van der Waals surface area (Å²) < 4.78 is 30.9. The molecular formula is C20H21ClF2N4O4. The lowest BCUT2D eigenvalue weighted by Gasteiger charge is -2.17. The molecule has 0 aromatic carbocycles. The van der Waals surface area contributed by atoms with Crippen LogP contribution in [0.15, 0.2) is 24.5 Å². The minimum absolute atomic E-state index is 0.00816. The van der Waals surface area contributed by atoms with Gasteiger partial charge in [-0.05, 0) is 17.7 Å². The van der Waals surface area contributed by atoms with Gasteiger partial charge < -0.3 is 20.1 Å². The van der Waals surface area contributed by atoms with E-state index in [1.807, 2.05) is 0 Å². The molecule has 1 aliphatic heterocycles. The number of carbonyl (C=O) groups excluding carboxylic acids is 2. The van der Waals surface area contributed by atoms with Crippen molar-refractivity contribution in [3.63, 3.8) is 0 Å². The summed E-state index contributed by atoms with van der Waals surface area (Å²) >= 11 is 6.09. The zero-order valence-corrected chi connectivity index (χ0v) is 17.5. The molecule has 166 valence electrons. The lowest BCUT2D eigenvalue weighted by molar-refractivity contribution is -0.120. The quantitative estimate of drug-likeness (QED) is 0.600. The third-order valence-electron chi connectivity index (χ3n) is 4.47. The van der Waals surface area contributed by atoms with Crippen LogP contribution in [0, 0.1) is 0 Å². The molecule has 11 heteroatoms. The highest BCUT2D eigenvalue weighted by atomic mass is 35.5. The van der Waals surface area contributed by atoms with E-state index in [0.717, 1.165) is 6.92 Å². The Balaban J connectivity index is 1.69. The molecule has 1 aliphatic rings. The van der Waals surface area contributed by atoms with Crippen molar-refractivity contribution in [3.05, 3.63) is 51.9 Å². The summed E-state index contributed by atoms with van der Waals surface area (Å²) in [5.41, 5.74) is 2.21. The average molecular weight is 455 g/mol. The predicted octanol–water partition coefficient (Wildman–Crippen LogP) is 1.97. The first-order valence-corrected chi connectivity index (χ1v) is 9.84. The number of fused-ring (bicyclic) bond motifs is 1. The van der Waals surface area contributed by atoms with Gasteiger partial charge in [-0.2, -0.15) is 0 Å². The number of aliphatic hydroxyl groups excluding tert-OH is 1. The average Bonchev–Trinajstić information content (AvgIpc) is 3.02. The number of amides is 2. The third kappa shape index (κ3) is 5.86. The Kier molecular flexibility index (Phi) is 7.01. The zero-order chi connectivity index (χ0) is 22.6. The van der Waals surface area contributed by atoms with Crippen molar-refractivity contribution < 1.29 is 28.2 Å². The van der Waals surface area contributed by atoms with E-state index in [-0.39, 0.29) is 55.4 Å². The van der Waals surface area contributed by atoms with Gasteiger partial charge in [0.05, 0.1) is 18.7 Å². The van der Waals surface area contributed by atoms with Gasteiger partial charge in [0.2, 0.25) is 11.8 Å². The Morgan fingerprint density at radius 1 is 1.42 bits per heavy atom. The summed E-state index contributed by atoms with van der Waals surface area (Å²) in [6.45, 7) is 0.289. The number of nitrogens with one attached hydrogen (secondary N) is 1. The SMILES string of the molecule is CC(F)(F)COc1ncc(CN2Cc3c(ccnc3CC(=O)NCCO)C2=O)cc1Cl. The van der Waals surface area contributed by atoms with Crippen LogP contribution in [0.1, 0.15) is 34.1 Å². The summed E-state index contributed by atoms with van der Waals surface area (Å²) in [7, 11) is 0. The van der Waals surface area contributed by atoms with Crippen LogP contribution in [0.4, 0.5) is 8.78 Å². The lowest BCUT2D eigenvalue weighted by Crippen LogP contribution is -2.28. The number of rotatable bonds is 9. The molecule has 0 saturated heterocycles. The molecule has 3 heterocycles. The lowest BCUT2D eigenvalue weighted by atomic mass is 10.1. The minimum Gasteiger partial charge on any atom is -0.470 e. The maximum Gasteiger partial charge on any atom is 0.278 e. The fourth-order valence-electron chi connectivity index (χ4n) is 3.11. The van der Waals surface area contributed by atoms with E-state index >= 15 is 0 Å². The van der Waals surface area contributed by atoms with Gasteiger partial charge in [-0.25, -0.2) is 13.8 Å². The molecule has 2 N–H and O–H groups in total. The van der Waals surface area contributed by atoms with Crippen LogP contribution >= 0.6 is 11.6 Å². The van der Waals surface area contributed by atoms with Crippen LogP contribution in [0.2, 0.25) is 5.02 Å². The van der Waals surface area contributed by atoms with E-state index in [0.29, 0.717) is 22.4 Å². The van der Waals surface area contributed by atoms with Crippen LogP contribution in [0.25, 0.3) is 0 Å². The molecule has 0 atom stereocenters. The van der Waals surface area contributed by atoms with E-state index in [2.05, 4.69) is 15.3 Å². The molecule has 0 bridgehead atoms. The first kappa shape index (κ1) is 22.8. The Morgan fingerprint density at radius 3 is 2.87 bits per heavy atom. The molecule has 0 aliphatic carbocycles. The minimum atomic E-state index is -3.02. The van der Waals surface area contributed by atoms with Crippen LogP contribution in [0.3, 0.4) is 0 Å². The van der Waals surface area contributed by atoms with Crippen molar-refractivity contribution in [1.82, 2.24) is 20.2 Å². The smallest absolute Gasteiger partial charge is 0.278 e. The number of aromatic nitrogens is 2. The molecule has 3 rings (SSSR count). The predicted molar refractivity (Wildman–Crippen MR) is 107 cm³/mol. The highest BCUT2D eigenvalue weighted by Gasteiger charge is 2.30. The monoisotopic (exact) mass is 454 g/mol. The third-order valence-corrected chi connectivity index (χ3v) is 4.74. The number of ether oxygens (including phenoxy) is 1. The number of pyridine rings is 2. The number of carbonyl (C=O) groups is 2. The van der Waals surface area contributed by atoms with Crippen molar-refractivity contribution >= 4 is 23.4 Å². The van der Waals surface area contributed by atoms with Gasteiger partial charge in [-0.1, -0.05) is 11.6 Å². The summed E-state index contributed by atoms with van der Waals surface area (Å²) in [6, 6.07) is 3.11. The molecule has 0 saturated carbocycles. The number of aliphatic hydroxyl groups is 1. The second-order valence-corrected chi connectivity index (χ2v) is 7.59. The second-order valence-electron chi connectivity index (χ2n) is 7.18. The first-order valence-electron chi connectivity index (χ1n) is 9.46. The van der Waals surface area contributed by atoms with E-state index < -0.39 is 12.5 Å². The van der Waals surface area contributed by atoms with Crippen LogP contribution in [-0.4, -0.2) is 57.5 Å². The van der Waals surface area contributed by atoms with Gasteiger partial charge >= 0.3 is 0 Å². The molecule has 0 spiro atoms. The summed E-state index contributed by atoms with van der Waals surface area (Å²) in [5, 5.41) is 11.4.